The van der Waals surface area contributed by atoms with E-state index in [1.807, 2.05) is 54.8 Å². The van der Waals surface area contributed by atoms with Gasteiger partial charge in [-0.2, -0.15) is 0 Å². The Labute approximate surface area is 217 Å². The van der Waals surface area contributed by atoms with Crippen molar-refractivity contribution in [3.05, 3.63) is 95.0 Å². The molecule has 4 rings (SSSR count). The fraction of sp³-hybridized carbons (Fsp3) is 0.148. The minimum Gasteiger partial charge on any atom is -0.496 e. The molecule has 0 aliphatic heterocycles. The maximum absolute atomic E-state index is 13.2. The number of benzene rings is 3. The number of carbonyl (C=O) groups excluding carboxylic acids is 2. The van der Waals surface area contributed by atoms with E-state index in [1.54, 1.807) is 30.3 Å². The second-order valence-electron chi connectivity index (χ2n) is 7.71. The van der Waals surface area contributed by atoms with Gasteiger partial charge in [0, 0.05) is 16.0 Å². The van der Waals surface area contributed by atoms with Crippen molar-refractivity contribution in [2.75, 3.05) is 24.9 Å². The fourth-order valence-electron chi connectivity index (χ4n) is 3.50. The molecular weight excluding hydrogens is 494 g/mol. The van der Waals surface area contributed by atoms with Crippen molar-refractivity contribution in [2.24, 2.45) is 0 Å². The zero-order valence-corrected chi connectivity index (χ0v) is 21.6. The topological polar surface area (TPSA) is 89.5 Å². The first kappa shape index (κ1) is 25.3. The lowest BCUT2D eigenvalue weighted by atomic mass is 10.1. The van der Waals surface area contributed by atoms with E-state index >= 15 is 0 Å². The Morgan fingerprint density at radius 3 is 2.14 bits per heavy atom. The van der Waals surface area contributed by atoms with Gasteiger partial charge in [0.2, 0.25) is 5.91 Å². The number of hydrogen-bond acceptors (Lipinski definition) is 7. The molecule has 0 aliphatic rings. The molecule has 36 heavy (non-hydrogen) atoms. The number of carbonyl (C=O) groups is 2. The highest BCUT2D eigenvalue weighted by atomic mass is 32.2. The lowest BCUT2D eigenvalue weighted by molar-refractivity contribution is -0.115. The molecule has 1 aromatic heterocycles. The number of methoxy groups -OCH3 is 2. The largest absolute Gasteiger partial charge is 0.496 e. The van der Waals surface area contributed by atoms with E-state index in [1.165, 1.54) is 37.3 Å². The molecule has 3 aromatic carbocycles. The van der Waals surface area contributed by atoms with Crippen LogP contribution in [0.5, 0.6) is 11.5 Å². The van der Waals surface area contributed by atoms with E-state index in [0.29, 0.717) is 27.9 Å². The number of aromatic nitrogens is 1. The van der Waals surface area contributed by atoms with Crippen molar-refractivity contribution in [2.45, 2.75) is 17.1 Å². The van der Waals surface area contributed by atoms with Crippen LogP contribution in [0.3, 0.4) is 0 Å². The highest BCUT2D eigenvalue weighted by Gasteiger charge is 2.23. The van der Waals surface area contributed by atoms with Gasteiger partial charge in [-0.25, -0.2) is 4.98 Å². The Kier molecular flexibility index (Phi) is 8.24. The molecule has 4 aromatic rings. The molecular formula is C27H25N3O4S2. The molecule has 1 heterocycles. The summed E-state index contributed by atoms with van der Waals surface area (Å²) in [6, 6.07) is 22.1. The van der Waals surface area contributed by atoms with Crippen LogP contribution < -0.4 is 20.1 Å². The first-order valence-corrected chi connectivity index (χ1v) is 12.8. The van der Waals surface area contributed by atoms with Crippen LogP contribution in [0.4, 0.5) is 10.8 Å². The third-order valence-corrected chi connectivity index (χ3v) is 7.35. The highest BCUT2D eigenvalue weighted by molar-refractivity contribution is 8.00. The Morgan fingerprint density at radius 1 is 0.889 bits per heavy atom. The number of thioether (sulfide) groups is 1. The predicted molar refractivity (Wildman–Crippen MR) is 144 cm³/mol. The number of aryl methyl sites for hydroxylation is 1. The number of hydrogen-bond donors (Lipinski definition) is 2. The summed E-state index contributed by atoms with van der Waals surface area (Å²) in [7, 11) is 3.01. The monoisotopic (exact) mass is 519 g/mol. The molecule has 0 spiro atoms. The van der Waals surface area contributed by atoms with Crippen LogP contribution in [0.1, 0.15) is 26.9 Å². The number of ether oxygens (including phenoxy) is 2. The van der Waals surface area contributed by atoms with Crippen LogP contribution in [0, 0.1) is 6.92 Å². The number of rotatable bonds is 9. The van der Waals surface area contributed by atoms with Crippen molar-refractivity contribution >= 4 is 45.7 Å². The van der Waals surface area contributed by atoms with Crippen molar-refractivity contribution in [1.29, 1.82) is 0 Å². The molecule has 0 fully saturated rings. The third kappa shape index (κ3) is 6.05. The van der Waals surface area contributed by atoms with E-state index in [9.17, 15) is 9.59 Å². The molecule has 0 radical (unpaired) electrons. The number of thiazole rings is 1. The Balaban J connectivity index is 1.50. The maximum atomic E-state index is 13.2. The van der Waals surface area contributed by atoms with Crippen LogP contribution in [0.2, 0.25) is 0 Å². The Hall–Kier alpha value is -3.82. The SMILES string of the molecule is COc1cccc(OC)c1C(=O)Nc1ccc(SC(C(=O)Nc2nc(C)cs2)c2ccccc2)cc1. The van der Waals surface area contributed by atoms with E-state index in [2.05, 4.69) is 15.6 Å². The molecule has 9 heteroatoms. The van der Waals surface area contributed by atoms with Crippen LogP contribution in [0.25, 0.3) is 0 Å². The van der Waals surface area contributed by atoms with Crippen molar-refractivity contribution in [1.82, 2.24) is 4.98 Å². The average molecular weight is 520 g/mol. The first-order valence-electron chi connectivity index (χ1n) is 11.1. The van der Waals surface area contributed by atoms with E-state index in [-0.39, 0.29) is 11.8 Å². The predicted octanol–water partition coefficient (Wildman–Crippen LogP) is 6.19. The van der Waals surface area contributed by atoms with Crippen molar-refractivity contribution in [3.8, 4) is 11.5 Å². The third-order valence-electron chi connectivity index (χ3n) is 5.21. The molecule has 0 saturated carbocycles. The quantitative estimate of drug-likeness (QED) is 0.256. The van der Waals surface area contributed by atoms with Crippen LogP contribution in [0.15, 0.2) is 83.1 Å². The summed E-state index contributed by atoms with van der Waals surface area (Å²) in [6.45, 7) is 1.89. The first-order chi connectivity index (χ1) is 17.5. The molecule has 184 valence electrons. The smallest absolute Gasteiger partial charge is 0.263 e. The van der Waals surface area contributed by atoms with Gasteiger partial charge in [0.25, 0.3) is 5.91 Å². The summed E-state index contributed by atoms with van der Waals surface area (Å²) in [4.78, 5) is 31.3. The second kappa shape index (κ2) is 11.7. The van der Waals surface area contributed by atoms with Crippen molar-refractivity contribution in [3.63, 3.8) is 0 Å². The molecule has 1 atom stereocenters. The normalized spacial score (nSPS) is 11.4. The van der Waals surface area contributed by atoms with Gasteiger partial charge in [-0.05, 0) is 48.9 Å². The summed E-state index contributed by atoms with van der Waals surface area (Å²) in [5.74, 6) is 0.350. The molecule has 1 unspecified atom stereocenters. The molecule has 0 bridgehead atoms. The highest BCUT2D eigenvalue weighted by Crippen LogP contribution is 2.37. The van der Waals surface area contributed by atoms with Gasteiger partial charge in [0.1, 0.15) is 22.3 Å². The molecule has 7 nitrogen and oxygen atoms in total. The second-order valence-corrected chi connectivity index (χ2v) is 9.74. The van der Waals surface area contributed by atoms with Crippen LogP contribution in [-0.2, 0) is 4.79 Å². The molecule has 0 saturated heterocycles. The van der Waals surface area contributed by atoms with Gasteiger partial charge in [-0.3, -0.25) is 9.59 Å². The van der Waals surface area contributed by atoms with Gasteiger partial charge in [-0.1, -0.05) is 36.4 Å². The van der Waals surface area contributed by atoms with E-state index in [0.717, 1.165) is 16.2 Å². The Morgan fingerprint density at radius 2 is 1.56 bits per heavy atom. The fourth-order valence-corrected chi connectivity index (χ4v) is 5.22. The minimum atomic E-state index is -0.478. The van der Waals surface area contributed by atoms with Crippen LogP contribution >= 0.6 is 23.1 Å². The van der Waals surface area contributed by atoms with Crippen molar-refractivity contribution < 1.29 is 19.1 Å². The number of nitrogens with one attached hydrogen (secondary N) is 2. The van der Waals surface area contributed by atoms with E-state index < -0.39 is 5.25 Å². The number of nitrogens with zero attached hydrogens (tertiary/aromatic N) is 1. The Bertz CT molecular complexity index is 1320. The number of amides is 2. The summed E-state index contributed by atoms with van der Waals surface area (Å²) >= 11 is 2.82. The van der Waals surface area contributed by atoms with Gasteiger partial charge >= 0.3 is 0 Å². The minimum absolute atomic E-state index is 0.152. The van der Waals surface area contributed by atoms with Gasteiger partial charge in [0.05, 0.1) is 19.9 Å². The summed E-state index contributed by atoms with van der Waals surface area (Å²) < 4.78 is 10.7. The molecule has 0 aliphatic carbocycles. The summed E-state index contributed by atoms with van der Waals surface area (Å²) in [5.41, 5.74) is 2.67. The molecule has 2 N–H and O–H groups in total. The average Bonchev–Trinajstić information content (AvgIpc) is 3.32. The zero-order valence-electron chi connectivity index (χ0n) is 20.0. The maximum Gasteiger partial charge on any atom is 0.263 e. The zero-order chi connectivity index (χ0) is 25.5. The lowest BCUT2D eigenvalue weighted by Crippen LogP contribution is -2.19. The van der Waals surface area contributed by atoms with Gasteiger partial charge in [0.15, 0.2) is 5.13 Å². The number of anilines is 2. The summed E-state index contributed by atoms with van der Waals surface area (Å²) in [6.07, 6.45) is 0. The van der Waals surface area contributed by atoms with Gasteiger partial charge in [-0.15, -0.1) is 23.1 Å². The summed E-state index contributed by atoms with van der Waals surface area (Å²) in [5, 5.41) is 7.80. The molecule has 2 amide bonds. The standard InChI is InChI=1S/C27H25N3O4S2/c1-17-16-35-27(28-17)30-26(32)24(18-8-5-4-6-9-18)36-20-14-12-19(13-15-20)29-25(31)23-21(33-2)10-7-11-22(23)34-3/h4-16,24H,1-3H3,(H,29,31)(H,28,30,32). The van der Waals surface area contributed by atoms with Crippen LogP contribution in [-0.4, -0.2) is 31.0 Å². The lowest BCUT2D eigenvalue weighted by Gasteiger charge is -2.17. The van der Waals surface area contributed by atoms with Gasteiger partial charge < -0.3 is 20.1 Å². The van der Waals surface area contributed by atoms with E-state index in [4.69, 9.17) is 9.47 Å².